The summed E-state index contributed by atoms with van der Waals surface area (Å²) >= 11 is 0. The summed E-state index contributed by atoms with van der Waals surface area (Å²) < 4.78 is 0. The van der Waals surface area contributed by atoms with Gasteiger partial charge in [-0.1, -0.05) is 90.0 Å². The van der Waals surface area contributed by atoms with Crippen LogP contribution in [-0.2, 0) is 0 Å². The predicted octanol–water partition coefficient (Wildman–Crippen LogP) is 0.361. The Balaban J connectivity index is 0.000000384. The monoisotopic (exact) mass is 527 g/mol. The third-order valence-electron chi connectivity index (χ3n) is 2.88. The molecule has 0 aliphatic rings. The molecule has 0 aliphatic carbocycles. The minimum absolute atomic E-state index is 0. The van der Waals surface area contributed by atoms with Crippen molar-refractivity contribution < 1.29 is 53.5 Å². The molecular weight excluding hydrogens is 511 g/mol. The predicted molar refractivity (Wildman–Crippen MR) is 96.5 cm³/mol. The molecule has 7 heteroatoms. The molecule has 0 unspecified atom stereocenters. The van der Waals surface area contributed by atoms with Crippen LogP contribution in [0.2, 0.25) is 0 Å². The third-order valence-corrected chi connectivity index (χ3v) is 2.88. The molecule has 145 valence electrons. The van der Waals surface area contributed by atoms with Crippen molar-refractivity contribution in [2.75, 3.05) is 0 Å². The van der Waals surface area contributed by atoms with Crippen molar-refractivity contribution in [3.63, 3.8) is 0 Å². The van der Waals surface area contributed by atoms with Gasteiger partial charge >= 0.3 is 38.2 Å². The van der Waals surface area contributed by atoms with Crippen molar-refractivity contribution >= 4 is 0 Å². The van der Waals surface area contributed by atoms with Crippen LogP contribution >= 0.6 is 0 Å². The van der Waals surface area contributed by atoms with Crippen LogP contribution < -0.4 is 31.6 Å². The van der Waals surface area contributed by atoms with Crippen LogP contribution in [0.1, 0.15) is 0 Å². The summed E-state index contributed by atoms with van der Waals surface area (Å²) in [6.07, 6.45) is 0. The smallest absolute Gasteiger partial charge is 0.870 e. The molecule has 6 nitrogen and oxygen atoms in total. The van der Waals surface area contributed by atoms with Gasteiger partial charge < -0.3 is 15.3 Å². The second-order valence-corrected chi connectivity index (χ2v) is 4.92. The third kappa shape index (κ3) is 10.5. The standard InChI is InChI=1S/3C7H6O2.Dy/c3*8-6-4-2-1-3-5-7(6)9;/h3*1-5H,(H,8,9);/q;;;+3/p-3. The summed E-state index contributed by atoms with van der Waals surface area (Å²) in [6, 6.07) is 21.7. The molecule has 0 atom stereocenters. The Morgan fingerprint density at radius 2 is 0.607 bits per heavy atom. The molecule has 0 spiro atoms. The van der Waals surface area contributed by atoms with Crippen LogP contribution in [0, 0.1) is 38.2 Å². The summed E-state index contributed by atoms with van der Waals surface area (Å²) in [4.78, 5) is 31.5. The first kappa shape index (κ1) is 25.3. The topological polar surface area (TPSA) is 120 Å². The van der Waals surface area contributed by atoms with Gasteiger partial charge in [-0.3, -0.25) is 14.4 Å². The molecule has 3 aromatic rings. The van der Waals surface area contributed by atoms with Gasteiger partial charge in [-0.2, -0.15) is 0 Å². The summed E-state index contributed by atoms with van der Waals surface area (Å²) in [6.45, 7) is 0. The molecule has 28 heavy (non-hydrogen) atoms. The maximum absolute atomic E-state index is 10.5. The van der Waals surface area contributed by atoms with E-state index in [0.29, 0.717) is 0 Å². The van der Waals surface area contributed by atoms with Gasteiger partial charge in [0.05, 0.1) is 0 Å². The van der Waals surface area contributed by atoms with Crippen LogP contribution in [0.3, 0.4) is 0 Å². The van der Waals surface area contributed by atoms with Crippen molar-refractivity contribution in [3.8, 4) is 17.2 Å². The summed E-state index contributed by atoms with van der Waals surface area (Å²) in [5.41, 5.74) is -1.37. The quantitative estimate of drug-likeness (QED) is 0.418. The van der Waals surface area contributed by atoms with Gasteiger partial charge in [-0.25, -0.2) is 0 Å². The van der Waals surface area contributed by atoms with Gasteiger partial charge in [0.1, 0.15) is 0 Å². The fourth-order valence-electron chi connectivity index (χ4n) is 1.54. The summed E-state index contributed by atoms with van der Waals surface area (Å²) in [7, 11) is 0. The molecule has 0 saturated carbocycles. The molecule has 1 radical (unpaired) electrons. The largest absolute Gasteiger partial charge is 3.00 e. The molecule has 0 aliphatic heterocycles. The van der Waals surface area contributed by atoms with Gasteiger partial charge in [-0.05, 0) is 18.2 Å². The van der Waals surface area contributed by atoms with Crippen LogP contribution in [0.5, 0.6) is 17.2 Å². The zero-order valence-corrected chi connectivity index (χ0v) is 16.5. The first-order valence-corrected chi connectivity index (χ1v) is 7.71. The van der Waals surface area contributed by atoms with E-state index in [1.54, 1.807) is 54.6 Å². The summed E-state index contributed by atoms with van der Waals surface area (Å²) in [5, 5.41) is 31.5. The van der Waals surface area contributed by atoms with Gasteiger partial charge in [-0.15, -0.1) is 0 Å². The van der Waals surface area contributed by atoms with Gasteiger partial charge in [0, 0.05) is 0 Å². The van der Waals surface area contributed by atoms with Crippen molar-refractivity contribution in [1.82, 2.24) is 0 Å². The number of hydrogen-bond acceptors (Lipinski definition) is 6. The Labute approximate surface area is 191 Å². The SMILES string of the molecule is O=c1cccccc1[O-].O=c1cccccc1[O-].O=c1cccccc1[O-].[Dy+3]. The minimum Gasteiger partial charge on any atom is -0.870 e. The zero-order valence-electron chi connectivity index (χ0n) is 14.4. The Hall–Kier alpha value is -2.66. The molecule has 0 saturated heterocycles. The molecule has 0 fully saturated rings. The molecule has 0 amide bonds. The van der Waals surface area contributed by atoms with Crippen LogP contribution in [0.15, 0.2) is 105 Å². The minimum atomic E-state index is -0.458. The van der Waals surface area contributed by atoms with Crippen LogP contribution in [0.25, 0.3) is 0 Å². The van der Waals surface area contributed by atoms with E-state index in [-0.39, 0.29) is 38.2 Å². The van der Waals surface area contributed by atoms with E-state index >= 15 is 0 Å². The summed E-state index contributed by atoms with van der Waals surface area (Å²) in [5.74, 6) is -1.37. The van der Waals surface area contributed by atoms with Crippen LogP contribution in [0.4, 0.5) is 0 Å². The van der Waals surface area contributed by atoms with E-state index in [1.165, 1.54) is 36.4 Å². The van der Waals surface area contributed by atoms with Crippen LogP contribution in [-0.4, -0.2) is 0 Å². The van der Waals surface area contributed by atoms with Gasteiger partial charge in [0.2, 0.25) is 0 Å². The van der Waals surface area contributed by atoms with Crippen molar-refractivity contribution in [2.45, 2.75) is 0 Å². The van der Waals surface area contributed by atoms with Gasteiger partial charge in [0.25, 0.3) is 0 Å². The van der Waals surface area contributed by atoms with E-state index in [9.17, 15) is 29.7 Å². The van der Waals surface area contributed by atoms with E-state index < -0.39 is 33.5 Å². The normalized spacial score (nSPS) is 8.57. The van der Waals surface area contributed by atoms with E-state index in [4.69, 9.17) is 0 Å². The maximum atomic E-state index is 10.5. The zero-order chi connectivity index (χ0) is 20.1. The second kappa shape index (κ2) is 14.4. The van der Waals surface area contributed by atoms with Crippen molar-refractivity contribution in [3.05, 3.63) is 122 Å². The maximum Gasteiger partial charge on any atom is 3.00 e. The van der Waals surface area contributed by atoms with Crippen molar-refractivity contribution in [1.29, 1.82) is 0 Å². The number of hydrogen-bond donors (Lipinski definition) is 0. The second-order valence-electron chi connectivity index (χ2n) is 4.92. The molecule has 0 heterocycles. The Morgan fingerprint density at radius 3 is 0.857 bits per heavy atom. The fraction of sp³-hybridized carbons (Fsp3) is 0. The Morgan fingerprint density at radius 1 is 0.393 bits per heavy atom. The Bertz CT molecular complexity index is 906. The molecule has 0 aromatic heterocycles. The first-order valence-electron chi connectivity index (χ1n) is 7.71. The molecule has 0 N–H and O–H groups in total. The van der Waals surface area contributed by atoms with Crippen molar-refractivity contribution in [2.24, 2.45) is 0 Å². The first-order chi connectivity index (χ1) is 12.9. The van der Waals surface area contributed by atoms with E-state index in [2.05, 4.69) is 0 Å². The Kier molecular flexibility index (Phi) is 13.0. The molecule has 0 bridgehead atoms. The average molecular weight is 526 g/mol. The average Bonchev–Trinajstić information content (AvgIpc) is 3.04. The molecular formula is C21H15DyO6. The molecule has 3 aromatic carbocycles. The fourth-order valence-corrected chi connectivity index (χ4v) is 1.54. The number of rotatable bonds is 0. The molecule has 3 rings (SSSR count). The van der Waals surface area contributed by atoms with E-state index in [0.717, 1.165) is 0 Å². The van der Waals surface area contributed by atoms with E-state index in [1.807, 2.05) is 0 Å². The van der Waals surface area contributed by atoms with Gasteiger partial charge in [0.15, 0.2) is 16.3 Å².